The lowest BCUT2D eigenvalue weighted by Gasteiger charge is -2.30. The summed E-state index contributed by atoms with van der Waals surface area (Å²) in [6, 6.07) is 7.58. The zero-order valence-electron chi connectivity index (χ0n) is 20.3. The second-order valence-corrected chi connectivity index (χ2v) is 10.8. The van der Waals surface area contributed by atoms with E-state index in [1.807, 2.05) is 43.5 Å². The summed E-state index contributed by atoms with van der Waals surface area (Å²) in [6.45, 7) is 11.9. The highest BCUT2D eigenvalue weighted by Crippen LogP contribution is 2.41. The van der Waals surface area contributed by atoms with Gasteiger partial charge in [0.05, 0.1) is 6.04 Å². The molecule has 1 aromatic carbocycles. The Kier molecular flexibility index (Phi) is 5.66. The second-order valence-electron chi connectivity index (χ2n) is 10.8. The summed E-state index contributed by atoms with van der Waals surface area (Å²) >= 11 is 0. The van der Waals surface area contributed by atoms with E-state index in [0.717, 1.165) is 22.2 Å². The van der Waals surface area contributed by atoms with Gasteiger partial charge in [-0.3, -0.25) is 9.59 Å². The van der Waals surface area contributed by atoms with Crippen LogP contribution in [0.4, 0.5) is 4.79 Å². The van der Waals surface area contributed by atoms with E-state index >= 15 is 0 Å². The van der Waals surface area contributed by atoms with Crippen molar-refractivity contribution in [3.05, 3.63) is 35.5 Å². The number of nitrogens with zero attached hydrogens (tertiary/aromatic N) is 3. The molecule has 1 atom stereocenters. The number of esters is 2. The molecular weight excluding hydrogens is 422 g/mol. The third-order valence-electron chi connectivity index (χ3n) is 5.77. The van der Waals surface area contributed by atoms with E-state index in [-0.39, 0.29) is 31.1 Å². The zero-order chi connectivity index (χ0) is 24.1. The number of ether oxygens (including phenoxy) is 2. The van der Waals surface area contributed by atoms with Crippen LogP contribution in [-0.4, -0.2) is 63.2 Å². The zero-order valence-corrected chi connectivity index (χ0v) is 20.3. The first-order valence-corrected chi connectivity index (χ1v) is 11.4. The van der Waals surface area contributed by atoms with E-state index in [0.29, 0.717) is 19.5 Å². The molecule has 2 aliphatic rings. The first-order valence-electron chi connectivity index (χ1n) is 11.4. The Labute approximate surface area is 194 Å². The molecule has 4 rings (SSSR count). The summed E-state index contributed by atoms with van der Waals surface area (Å²) in [6.07, 6.45) is 0.694. The quantitative estimate of drug-likeness (QED) is 0.658. The van der Waals surface area contributed by atoms with E-state index in [9.17, 15) is 14.4 Å². The van der Waals surface area contributed by atoms with Gasteiger partial charge in [0.2, 0.25) is 0 Å². The van der Waals surface area contributed by atoms with Gasteiger partial charge in [0.15, 0.2) is 0 Å². The van der Waals surface area contributed by atoms with E-state index in [2.05, 4.69) is 6.07 Å². The van der Waals surface area contributed by atoms with Crippen LogP contribution < -0.4 is 0 Å². The summed E-state index contributed by atoms with van der Waals surface area (Å²) in [5.41, 5.74) is 1.86. The van der Waals surface area contributed by atoms with Crippen molar-refractivity contribution in [1.82, 2.24) is 14.4 Å². The van der Waals surface area contributed by atoms with E-state index in [4.69, 9.17) is 9.47 Å². The van der Waals surface area contributed by atoms with Crippen molar-refractivity contribution in [1.29, 1.82) is 0 Å². The Balaban J connectivity index is 1.67. The van der Waals surface area contributed by atoms with Gasteiger partial charge >= 0.3 is 18.0 Å². The van der Waals surface area contributed by atoms with E-state index in [1.165, 1.54) is 0 Å². The monoisotopic (exact) mass is 455 g/mol. The molecule has 0 bridgehead atoms. The number of carbonyl (C=O) groups is 3. The molecular formula is C25H33N3O5. The Morgan fingerprint density at radius 1 is 0.970 bits per heavy atom. The lowest BCUT2D eigenvalue weighted by atomic mass is 9.98. The number of hydrogen-bond donors (Lipinski definition) is 0. The van der Waals surface area contributed by atoms with Crippen molar-refractivity contribution in [3.8, 4) is 0 Å². The highest BCUT2D eigenvalue weighted by molar-refractivity contribution is 5.89. The van der Waals surface area contributed by atoms with Gasteiger partial charge in [0.1, 0.15) is 24.3 Å². The third kappa shape index (κ3) is 4.70. The minimum absolute atomic E-state index is 0.0672. The van der Waals surface area contributed by atoms with Crippen LogP contribution in [0.25, 0.3) is 10.9 Å². The number of fused-ring (bicyclic) bond motifs is 5. The van der Waals surface area contributed by atoms with Gasteiger partial charge in [0, 0.05) is 29.7 Å². The first kappa shape index (κ1) is 23.1. The van der Waals surface area contributed by atoms with Gasteiger partial charge in [-0.05, 0) is 59.6 Å². The van der Waals surface area contributed by atoms with Crippen LogP contribution >= 0.6 is 0 Å². The van der Waals surface area contributed by atoms with Gasteiger partial charge in [-0.1, -0.05) is 18.2 Å². The van der Waals surface area contributed by atoms with Crippen molar-refractivity contribution >= 4 is 28.9 Å². The van der Waals surface area contributed by atoms with Crippen LogP contribution in [0.3, 0.4) is 0 Å². The SMILES string of the molecule is CC(C)(C)OC(=O)CN1CC2c3c(c4ccccc4n3CC(=O)OC(C)(C)C)CCN2C1=O. The van der Waals surface area contributed by atoms with Crippen molar-refractivity contribution in [3.63, 3.8) is 0 Å². The summed E-state index contributed by atoms with van der Waals surface area (Å²) in [7, 11) is 0. The van der Waals surface area contributed by atoms with Crippen LogP contribution in [0.15, 0.2) is 24.3 Å². The minimum atomic E-state index is -0.611. The lowest BCUT2D eigenvalue weighted by molar-refractivity contribution is -0.156. The summed E-state index contributed by atoms with van der Waals surface area (Å²) in [4.78, 5) is 41.6. The number of benzene rings is 1. The minimum Gasteiger partial charge on any atom is -0.459 e. The Bertz CT molecular complexity index is 1110. The molecule has 8 heteroatoms. The fourth-order valence-electron chi connectivity index (χ4n) is 4.79. The van der Waals surface area contributed by atoms with Crippen molar-refractivity contribution in [2.24, 2.45) is 0 Å². The van der Waals surface area contributed by atoms with Gasteiger partial charge in [-0.15, -0.1) is 0 Å². The number of amides is 2. The molecule has 178 valence electrons. The topological polar surface area (TPSA) is 81.1 Å². The molecule has 1 aromatic heterocycles. The lowest BCUT2D eigenvalue weighted by Crippen LogP contribution is -2.39. The molecule has 8 nitrogen and oxygen atoms in total. The molecule has 3 heterocycles. The third-order valence-corrected chi connectivity index (χ3v) is 5.77. The molecule has 0 spiro atoms. The van der Waals surface area contributed by atoms with Gasteiger partial charge < -0.3 is 23.8 Å². The molecule has 1 saturated heterocycles. The fraction of sp³-hybridized carbons (Fsp3) is 0.560. The number of aromatic nitrogens is 1. The molecule has 0 saturated carbocycles. The normalized spacial score (nSPS) is 18.4. The maximum absolute atomic E-state index is 13.1. The molecule has 0 N–H and O–H groups in total. The molecule has 2 aromatic rings. The van der Waals surface area contributed by atoms with Gasteiger partial charge in [-0.25, -0.2) is 4.79 Å². The van der Waals surface area contributed by atoms with Gasteiger partial charge in [-0.2, -0.15) is 0 Å². The summed E-state index contributed by atoms with van der Waals surface area (Å²) < 4.78 is 13.0. The molecule has 0 radical (unpaired) electrons. The Morgan fingerprint density at radius 3 is 2.21 bits per heavy atom. The maximum atomic E-state index is 13.1. The number of urea groups is 1. The van der Waals surface area contributed by atoms with Crippen molar-refractivity contribution < 1.29 is 23.9 Å². The highest BCUT2D eigenvalue weighted by atomic mass is 16.6. The van der Waals surface area contributed by atoms with Crippen LogP contribution in [0.5, 0.6) is 0 Å². The van der Waals surface area contributed by atoms with Crippen molar-refractivity contribution in [2.75, 3.05) is 19.6 Å². The van der Waals surface area contributed by atoms with E-state index < -0.39 is 17.2 Å². The summed E-state index contributed by atoms with van der Waals surface area (Å²) in [5.74, 6) is -0.747. The van der Waals surface area contributed by atoms with Crippen molar-refractivity contribution in [2.45, 2.75) is 71.8 Å². The molecule has 2 amide bonds. The van der Waals surface area contributed by atoms with Crippen LogP contribution in [-0.2, 0) is 32.0 Å². The average Bonchev–Trinajstić information content (AvgIpc) is 3.15. The number of hydrogen-bond acceptors (Lipinski definition) is 5. The van der Waals surface area contributed by atoms with Crippen LogP contribution in [0.2, 0.25) is 0 Å². The van der Waals surface area contributed by atoms with Gasteiger partial charge in [0.25, 0.3) is 0 Å². The molecule has 33 heavy (non-hydrogen) atoms. The molecule has 0 aliphatic carbocycles. The van der Waals surface area contributed by atoms with Crippen LogP contribution in [0, 0.1) is 0 Å². The number of carbonyl (C=O) groups excluding carboxylic acids is 3. The first-order chi connectivity index (χ1) is 15.3. The molecule has 2 aliphatic heterocycles. The Morgan fingerprint density at radius 2 is 1.58 bits per heavy atom. The molecule has 1 fully saturated rings. The predicted octanol–water partition coefficient (Wildman–Crippen LogP) is 3.66. The molecule has 1 unspecified atom stereocenters. The standard InChI is InChI=1S/C25H33N3O5/c1-24(2,3)32-20(29)14-26-13-19-22-17(11-12-27(19)23(26)31)16-9-7-8-10-18(16)28(22)15-21(30)33-25(4,5)6/h7-10,19H,11-15H2,1-6H3. The number of para-hydroxylation sites is 1. The van der Waals surface area contributed by atoms with Crippen LogP contribution in [0.1, 0.15) is 58.8 Å². The predicted molar refractivity (Wildman–Crippen MR) is 124 cm³/mol. The second kappa shape index (κ2) is 8.08. The largest absolute Gasteiger partial charge is 0.459 e. The fourth-order valence-corrected chi connectivity index (χ4v) is 4.79. The highest BCUT2D eigenvalue weighted by Gasteiger charge is 2.44. The smallest absolute Gasteiger partial charge is 0.326 e. The van der Waals surface area contributed by atoms with E-state index in [1.54, 1.807) is 30.6 Å². The Hall–Kier alpha value is -3.03. The average molecular weight is 456 g/mol. The summed E-state index contributed by atoms with van der Waals surface area (Å²) in [5, 5.41) is 1.09. The number of rotatable bonds is 4. The maximum Gasteiger partial charge on any atom is 0.326 e.